The summed E-state index contributed by atoms with van der Waals surface area (Å²) >= 11 is 0. The average molecular weight is 401 g/mol. The number of unbranched alkanes of at least 4 members (excludes halogenated alkanes) is 1. The number of benzene rings is 1. The van der Waals surface area contributed by atoms with Gasteiger partial charge in [-0.25, -0.2) is 9.59 Å². The Bertz CT molecular complexity index is 818. The SMILES string of the molecule is CCCCn1cc(NC(=O)Nc2ccc(OC(F)(F)F)cc2)cc1OC(=O)O. The van der Waals surface area contributed by atoms with Crippen molar-refractivity contribution in [1.82, 2.24) is 4.57 Å². The topological polar surface area (TPSA) is 102 Å². The first-order valence-corrected chi connectivity index (χ1v) is 8.21. The monoisotopic (exact) mass is 401 g/mol. The normalized spacial score (nSPS) is 11.0. The lowest BCUT2D eigenvalue weighted by molar-refractivity contribution is -0.274. The maximum atomic E-state index is 12.1. The van der Waals surface area contributed by atoms with Gasteiger partial charge < -0.3 is 29.8 Å². The molecule has 2 aromatic rings. The third-order valence-electron chi connectivity index (χ3n) is 3.41. The van der Waals surface area contributed by atoms with Gasteiger partial charge in [-0.05, 0) is 30.7 Å². The highest BCUT2D eigenvalue weighted by Crippen LogP contribution is 2.25. The summed E-state index contributed by atoms with van der Waals surface area (Å²) in [7, 11) is 0. The molecule has 2 rings (SSSR count). The van der Waals surface area contributed by atoms with Crippen molar-refractivity contribution in [3.63, 3.8) is 0 Å². The van der Waals surface area contributed by atoms with Gasteiger partial charge in [0, 0.05) is 24.5 Å². The van der Waals surface area contributed by atoms with Crippen LogP contribution in [0.25, 0.3) is 0 Å². The zero-order valence-corrected chi connectivity index (χ0v) is 14.7. The number of carbonyl (C=O) groups excluding carboxylic acids is 1. The molecular weight excluding hydrogens is 383 g/mol. The molecule has 3 N–H and O–H groups in total. The number of aromatic nitrogens is 1. The number of hydrogen-bond acceptors (Lipinski definition) is 4. The predicted molar refractivity (Wildman–Crippen MR) is 93.8 cm³/mol. The quantitative estimate of drug-likeness (QED) is 0.574. The van der Waals surface area contributed by atoms with Gasteiger partial charge in [-0.3, -0.25) is 0 Å². The van der Waals surface area contributed by atoms with E-state index < -0.39 is 24.3 Å². The largest absolute Gasteiger partial charge is 0.573 e. The Balaban J connectivity index is 2.00. The number of urea groups is 1. The molecule has 0 saturated heterocycles. The van der Waals surface area contributed by atoms with Crippen LogP contribution in [0.15, 0.2) is 36.5 Å². The van der Waals surface area contributed by atoms with E-state index in [9.17, 15) is 22.8 Å². The fraction of sp³-hybridized carbons (Fsp3) is 0.294. The second-order valence-corrected chi connectivity index (χ2v) is 5.63. The number of nitrogens with one attached hydrogen (secondary N) is 2. The van der Waals surface area contributed by atoms with Gasteiger partial charge in [0.2, 0.25) is 5.88 Å². The molecule has 0 fully saturated rings. The Morgan fingerprint density at radius 2 is 1.79 bits per heavy atom. The highest BCUT2D eigenvalue weighted by molar-refractivity contribution is 5.99. The zero-order chi connectivity index (χ0) is 20.7. The summed E-state index contributed by atoms with van der Waals surface area (Å²) in [4.78, 5) is 22.8. The van der Waals surface area contributed by atoms with Crippen LogP contribution in [0.4, 0.5) is 34.1 Å². The van der Waals surface area contributed by atoms with Crippen molar-refractivity contribution in [2.75, 3.05) is 10.6 Å². The zero-order valence-electron chi connectivity index (χ0n) is 14.7. The molecule has 0 aliphatic rings. The summed E-state index contributed by atoms with van der Waals surface area (Å²) < 4.78 is 46.4. The number of ether oxygens (including phenoxy) is 2. The second kappa shape index (κ2) is 9.02. The second-order valence-electron chi connectivity index (χ2n) is 5.63. The summed E-state index contributed by atoms with van der Waals surface area (Å²) in [5.74, 6) is -0.355. The van der Waals surface area contributed by atoms with Crippen molar-refractivity contribution in [2.24, 2.45) is 0 Å². The minimum absolute atomic E-state index is 0.0601. The maximum absolute atomic E-state index is 12.1. The van der Waals surface area contributed by atoms with Crippen molar-refractivity contribution in [1.29, 1.82) is 0 Å². The van der Waals surface area contributed by atoms with E-state index >= 15 is 0 Å². The first-order chi connectivity index (χ1) is 13.2. The Labute approximate surface area is 157 Å². The van der Waals surface area contributed by atoms with Crippen LogP contribution in [-0.2, 0) is 6.54 Å². The van der Waals surface area contributed by atoms with Crippen LogP contribution in [0.3, 0.4) is 0 Å². The lowest BCUT2D eigenvalue weighted by Crippen LogP contribution is -2.19. The number of nitrogens with zero attached hydrogens (tertiary/aromatic N) is 1. The molecule has 28 heavy (non-hydrogen) atoms. The highest BCUT2D eigenvalue weighted by Gasteiger charge is 2.30. The van der Waals surface area contributed by atoms with E-state index in [-0.39, 0.29) is 11.6 Å². The fourth-order valence-electron chi connectivity index (χ4n) is 2.27. The van der Waals surface area contributed by atoms with Gasteiger partial charge in [-0.15, -0.1) is 13.2 Å². The van der Waals surface area contributed by atoms with E-state index in [1.54, 1.807) is 4.57 Å². The molecule has 0 aliphatic heterocycles. The van der Waals surface area contributed by atoms with Crippen LogP contribution in [-0.4, -0.2) is 28.2 Å². The first kappa shape index (κ1) is 20.9. The lowest BCUT2D eigenvalue weighted by atomic mass is 10.3. The van der Waals surface area contributed by atoms with Crippen LogP contribution in [0.2, 0.25) is 0 Å². The summed E-state index contributed by atoms with van der Waals surface area (Å²) in [6.07, 6.45) is -3.10. The molecule has 2 amide bonds. The number of anilines is 2. The molecule has 11 heteroatoms. The number of rotatable bonds is 7. The summed E-state index contributed by atoms with van der Waals surface area (Å²) in [5, 5.41) is 13.7. The van der Waals surface area contributed by atoms with Crippen LogP contribution in [0.1, 0.15) is 19.8 Å². The van der Waals surface area contributed by atoms with E-state index in [0.29, 0.717) is 12.2 Å². The van der Waals surface area contributed by atoms with Crippen LogP contribution in [0.5, 0.6) is 11.6 Å². The van der Waals surface area contributed by atoms with Crippen molar-refractivity contribution < 1.29 is 37.3 Å². The molecule has 1 heterocycles. The Hall–Kier alpha value is -3.37. The van der Waals surface area contributed by atoms with Gasteiger partial charge in [0.05, 0.1) is 5.69 Å². The van der Waals surface area contributed by atoms with E-state index in [1.165, 1.54) is 24.4 Å². The maximum Gasteiger partial charge on any atom is 0.573 e. The lowest BCUT2D eigenvalue weighted by Gasteiger charge is -2.10. The molecule has 0 radical (unpaired) electrons. The third-order valence-corrected chi connectivity index (χ3v) is 3.41. The molecule has 0 aliphatic carbocycles. The van der Waals surface area contributed by atoms with Crippen LogP contribution >= 0.6 is 0 Å². The van der Waals surface area contributed by atoms with E-state index in [0.717, 1.165) is 25.0 Å². The standard InChI is InChI=1S/C17H18F3N3O5/c1-2-3-8-23-10-12(9-14(23)27-16(25)26)22-15(24)21-11-4-6-13(7-5-11)28-17(18,19)20/h4-7,9-10H,2-3,8H2,1H3,(H,25,26)(H2,21,22,24). The van der Waals surface area contributed by atoms with Gasteiger partial charge in [0.1, 0.15) is 5.75 Å². The summed E-state index contributed by atoms with van der Waals surface area (Å²) in [6, 6.07) is 5.28. The number of halogens is 3. The molecule has 1 aromatic heterocycles. The van der Waals surface area contributed by atoms with Crippen molar-refractivity contribution >= 4 is 23.6 Å². The number of carboxylic acid groups (broad SMARTS) is 1. The van der Waals surface area contributed by atoms with Crippen LogP contribution in [0, 0.1) is 0 Å². The molecule has 8 nitrogen and oxygen atoms in total. The first-order valence-electron chi connectivity index (χ1n) is 8.21. The average Bonchev–Trinajstić information content (AvgIpc) is 2.93. The molecule has 0 bridgehead atoms. The van der Waals surface area contributed by atoms with Crippen molar-refractivity contribution in [3.8, 4) is 11.6 Å². The Morgan fingerprint density at radius 1 is 1.14 bits per heavy atom. The molecule has 0 unspecified atom stereocenters. The summed E-state index contributed by atoms with van der Waals surface area (Å²) in [5.41, 5.74) is 0.529. The number of alkyl halides is 3. The predicted octanol–water partition coefficient (Wildman–Crippen LogP) is 4.89. The fourth-order valence-corrected chi connectivity index (χ4v) is 2.27. The number of amides is 2. The number of carbonyl (C=O) groups is 2. The van der Waals surface area contributed by atoms with E-state index in [2.05, 4.69) is 20.1 Å². The molecule has 0 atom stereocenters. The molecule has 0 spiro atoms. The highest BCUT2D eigenvalue weighted by atomic mass is 19.4. The van der Waals surface area contributed by atoms with Gasteiger partial charge in [0.15, 0.2) is 0 Å². The van der Waals surface area contributed by atoms with Crippen LogP contribution < -0.4 is 20.1 Å². The van der Waals surface area contributed by atoms with Crippen molar-refractivity contribution in [2.45, 2.75) is 32.7 Å². The van der Waals surface area contributed by atoms with Gasteiger partial charge in [-0.1, -0.05) is 13.3 Å². The Kier molecular flexibility index (Phi) is 6.74. The minimum atomic E-state index is -4.80. The van der Waals surface area contributed by atoms with Gasteiger partial charge in [-0.2, -0.15) is 0 Å². The van der Waals surface area contributed by atoms with E-state index in [1.807, 2.05) is 6.92 Å². The molecule has 152 valence electrons. The van der Waals surface area contributed by atoms with Gasteiger partial charge in [0.25, 0.3) is 0 Å². The molecular formula is C17H18F3N3O5. The third kappa shape index (κ3) is 6.74. The smallest absolute Gasteiger partial charge is 0.449 e. The van der Waals surface area contributed by atoms with Crippen molar-refractivity contribution in [3.05, 3.63) is 36.5 Å². The Morgan fingerprint density at radius 3 is 2.36 bits per heavy atom. The number of aryl methyl sites for hydroxylation is 1. The van der Waals surface area contributed by atoms with Gasteiger partial charge >= 0.3 is 18.5 Å². The molecule has 1 aromatic carbocycles. The summed E-state index contributed by atoms with van der Waals surface area (Å²) in [6.45, 7) is 2.47. The molecule has 0 saturated carbocycles. The number of hydrogen-bond donors (Lipinski definition) is 3. The van der Waals surface area contributed by atoms with E-state index in [4.69, 9.17) is 5.11 Å². The minimum Gasteiger partial charge on any atom is -0.449 e.